The van der Waals surface area contributed by atoms with Crippen LogP contribution in [-0.4, -0.2) is 57.9 Å². The maximum Gasteiger partial charge on any atom is 0.326 e. The SMILES string of the molecule is O=C(O)C1CCCN1C(=O)c1cccc(CN2C(=O)CNC2=O)c1. The van der Waals surface area contributed by atoms with E-state index < -0.39 is 18.0 Å². The smallest absolute Gasteiger partial charge is 0.326 e. The Morgan fingerprint density at radius 2 is 2.08 bits per heavy atom. The van der Waals surface area contributed by atoms with E-state index in [1.54, 1.807) is 24.3 Å². The minimum absolute atomic E-state index is 0.0223. The minimum atomic E-state index is -1.00. The lowest BCUT2D eigenvalue weighted by Gasteiger charge is -2.22. The van der Waals surface area contributed by atoms with E-state index in [4.69, 9.17) is 0 Å². The fourth-order valence-corrected chi connectivity index (χ4v) is 3.03. The van der Waals surface area contributed by atoms with Crippen molar-refractivity contribution in [3.05, 3.63) is 35.4 Å². The van der Waals surface area contributed by atoms with Crippen LogP contribution in [0.15, 0.2) is 24.3 Å². The van der Waals surface area contributed by atoms with E-state index >= 15 is 0 Å². The molecule has 1 unspecified atom stereocenters. The van der Waals surface area contributed by atoms with Gasteiger partial charge in [0.05, 0.1) is 13.1 Å². The van der Waals surface area contributed by atoms with Gasteiger partial charge in [0.25, 0.3) is 5.91 Å². The number of carboxylic acids is 1. The Hall–Kier alpha value is -2.90. The van der Waals surface area contributed by atoms with E-state index in [2.05, 4.69) is 5.32 Å². The van der Waals surface area contributed by atoms with Gasteiger partial charge in [-0.05, 0) is 30.5 Å². The lowest BCUT2D eigenvalue weighted by molar-refractivity contribution is -0.141. The third-order valence-electron chi connectivity index (χ3n) is 4.25. The number of hydrogen-bond acceptors (Lipinski definition) is 4. The zero-order valence-electron chi connectivity index (χ0n) is 12.9. The number of rotatable bonds is 4. The molecule has 0 aliphatic carbocycles. The van der Waals surface area contributed by atoms with Crippen molar-refractivity contribution in [1.29, 1.82) is 0 Å². The van der Waals surface area contributed by atoms with Crippen LogP contribution in [0.25, 0.3) is 0 Å². The van der Waals surface area contributed by atoms with E-state index in [0.29, 0.717) is 30.5 Å². The molecule has 2 aliphatic rings. The normalized spacial score (nSPS) is 20.4. The molecule has 0 bridgehead atoms. The number of benzene rings is 1. The van der Waals surface area contributed by atoms with Crippen LogP contribution in [0.5, 0.6) is 0 Å². The molecule has 2 N–H and O–H groups in total. The molecule has 0 spiro atoms. The molecule has 2 saturated heterocycles. The first-order valence-electron chi connectivity index (χ1n) is 7.68. The van der Waals surface area contributed by atoms with Gasteiger partial charge in [-0.25, -0.2) is 9.59 Å². The standard InChI is InChI=1S/C16H17N3O5/c20-13-8-17-16(24)19(13)9-10-3-1-4-11(7-10)14(21)18-6-2-5-12(18)15(22)23/h1,3-4,7,12H,2,5-6,8-9H2,(H,17,24)(H,22,23). The molecule has 1 aromatic rings. The van der Waals surface area contributed by atoms with Crippen molar-refractivity contribution in [3.63, 3.8) is 0 Å². The first-order valence-corrected chi connectivity index (χ1v) is 7.68. The highest BCUT2D eigenvalue weighted by Crippen LogP contribution is 2.21. The number of likely N-dealkylation sites (tertiary alicyclic amines) is 1. The van der Waals surface area contributed by atoms with Gasteiger partial charge in [-0.2, -0.15) is 0 Å². The fourth-order valence-electron chi connectivity index (χ4n) is 3.03. The summed E-state index contributed by atoms with van der Waals surface area (Å²) in [5.74, 6) is -1.67. The molecule has 8 heteroatoms. The molecule has 4 amide bonds. The van der Waals surface area contributed by atoms with Crippen molar-refractivity contribution in [1.82, 2.24) is 15.1 Å². The maximum atomic E-state index is 12.6. The topological polar surface area (TPSA) is 107 Å². The molecule has 0 saturated carbocycles. The van der Waals surface area contributed by atoms with E-state index in [0.717, 1.165) is 4.90 Å². The summed E-state index contributed by atoms with van der Waals surface area (Å²) in [5.41, 5.74) is 0.991. The molecule has 0 aromatic heterocycles. The second-order valence-electron chi connectivity index (χ2n) is 5.83. The second kappa shape index (κ2) is 6.31. The fraction of sp³-hybridized carbons (Fsp3) is 0.375. The Morgan fingerprint density at radius 1 is 1.29 bits per heavy atom. The first kappa shape index (κ1) is 16.0. The van der Waals surface area contributed by atoms with Gasteiger partial charge in [0, 0.05) is 12.1 Å². The molecule has 2 aliphatic heterocycles. The van der Waals surface area contributed by atoms with Gasteiger partial charge in [-0.3, -0.25) is 14.5 Å². The number of urea groups is 1. The van der Waals surface area contributed by atoms with Crippen molar-refractivity contribution >= 4 is 23.8 Å². The lowest BCUT2D eigenvalue weighted by atomic mass is 10.1. The predicted molar refractivity (Wildman–Crippen MR) is 82.1 cm³/mol. The average Bonchev–Trinajstić information content (AvgIpc) is 3.17. The van der Waals surface area contributed by atoms with Crippen molar-refractivity contribution in [3.8, 4) is 0 Å². The number of amides is 4. The minimum Gasteiger partial charge on any atom is -0.480 e. The highest BCUT2D eigenvalue weighted by molar-refractivity contribution is 6.02. The summed E-state index contributed by atoms with van der Waals surface area (Å²) >= 11 is 0. The van der Waals surface area contributed by atoms with E-state index in [-0.39, 0.29) is 24.9 Å². The number of carboxylic acid groups (broad SMARTS) is 1. The molecular weight excluding hydrogens is 314 g/mol. The first-order chi connectivity index (χ1) is 11.5. The van der Waals surface area contributed by atoms with Gasteiger partial charge >= 0.3 is 12.0 Å². The second-order valence-corrected chi connectivity index (χ2v) is 5.83. The van der Waals surface area contributed by atoms with E-state index in [9.17, 15) is 24.3 Å². The quantitative estimate of drug-likeness (QED) is 0.778. The number of hydrogen-bond donors (Lipinski definition) is 2. The van der Waals surface area contributed by atoms with Crippen LogP contribution >= 0.6 is 0 Å². The molecule has 8 nitrogen and oxygen atoms in total. The molecule has 2 heterocycles. The van der Waals surface area contributed by atoms with Gasteiger partial charge in [0.15, 0.2) is 0 Å². The molecule has 3 rings (SSSR count). The number of aliphatic carboxylic acids is 1. The summed E-state index contributed by atoms with van der Waals surface area (Å²) in [6, 6.07) is 5.32. The van der Waals surface area contributed by atoms with Crippen molar-refractivity contribution in [2.75, 3.05) is 13.1 Å². The maximum absolute atomic E-state index is 12.6. The number of imide groups is 1. The van der Waals surface area contributed by atoms with Crippen molar-refractivity contribution in [2.24, 2.45) is 0 Å². The average molecular weight is 331 g/mol. The highest BCUT2D eigenvalue weighted by Gasteiger charge is 2.34. The Morgan fingerprint density at radius 3 is 2.75 bits per heavy atom. The number of carbonyl (C=O) groups is 4. The Bertz CT molecular complexity index is 701. The van der Waals surface area contributed by atoms with Gasteiger partial charge in [0.1, 0.15) is 6.04 Å². The van der Waals surface area contributed by atoms with Crippen LogP contribution in [-0.2, 0) is 16.1 Å². The summed E-state index contributed by atoms with van der Waals surface area (Å²) in [5, 5.41) is 11.6. The van der Waals surface area contributed by atoms with Crippen LogP contribution in [0.4, 0.5) is 4.79 Å². The monoisotopic (exact) mass is 331 g/mol. The summed E-state index contributed by atoms with van der Waals surface area (Å²) in [6.07, 6.45) is 1.11. The summed E-state index contributed by atoms with van der Waals surface area (Å²) < 4.78 is 0. The van der Waals surface area contributed by atoms with Gasteiger partial charge in [-0.15, -0.1) is 0 Å². The number of nitrogens with one attached hydrogen (secondary N) is 1. The Kier molecular flexibility index (Phi) is 4.20. The largest absolute Gasteiger partial charge is 0.480 e. The van der Waals surface area contributed by atoms with Crippen LogP contribution < -0.4 is 5.32 Å². The van der Waals surface area contributed by atoms with Crippen molar-refractivity contribution < 1.29 is 24.3 Å². The van der Waals surface area contributed by atoms with Crippen LogP contribution in [0.2, 0.25) is 0 Å². The van der Waals surface area contributed by atoms with E-state index in [1.807, 2.05) is 0 Å². The number of nitrogens with zero attached hydrogens (tertiary/aromatic N) is 2. The van der Waals surface area contributed by atoms with Crippen LogP contribution in [0.3, 0.4) is 0 Å². The molecule has 1 atom stereocenters. The van der Waals surface area contributed by atoms with Crippen LogP contribution in [0, 0.1) is 0 Å². The summed E-state index contributed by atoms with van der Waals surface area (Å²) in [4.78, 5) is 49.5. The van der Waals surface area contributed by atoms with Gasteiger partial charge < -0.3 is 15.3 Å². The highest BCUT2D eigenvalue weighted by atomic mass is 16.4. The van der Waals surface area contributed by atoms with Gasteiger partial charge in [0.2, 0.25) is 5.91 Å². The third-order valence-corrected chi connectivity index (χ3v) is 4.25. The molecule has 0 radical (unpaired) electrons. The zero-order chi connectivity index (χ0) is 17.3. The molecule has 1 aromatic carbocycles. The van der Waals surface area contributed by atoms with Crippen molar-refractivity contribution in [2.45, 2.75) is 25.4 Å². The molecule has 2 fully saturated rings. The molecular formula is C16H17N3O5. The molecule has 24 heavy (non-hydrogen) atoms. The van der Waals surface area contributed by atoms with Crippen LogP contribution in [0.1, 0.15) is 28.8 Å². The number of carbonyl (C=O) groups excluding carboxylic acids is 3. The Balaban J connectivity index is 1.77. The van der Waals surface area contributed by atoms with Gasteiger partial charge in [-0.1, -0.05) is 12.1 Å². The summed E-state index contributed by atoms with van der Waals surface area (Å²) in [7, 11) is 0. The predicted octanol–water partition coefficient (Wildman–Crippen LogP) is 0.428. The Labute approximate surface area is 138 Å². The summed E-state index contributed by atoms with van der Waals surface area (Å²) in [6.45, 7) is 0.465. The third kappa shape index (κ3) is 2.94. The molecule has 126 valence electrons. The lowest BCUT2D eigenvalue weighted by Crippen LogP contribution is -2.40. The zero-order valence-corrected chi connectivity index (χ0v) is 12.9. The van der Waals surface area contributed by atoms with E-state index in [1.165, 1.54) is 4.90 Å².